The fourth-order valence-electron chi connectivity index (χ4n) is 3.30. The van der Waals surface area contributed by atoms with E-state index in [0.29, 0.717) is 6.42 Å². The summed E-state index contributed by atoms with van der Waals surface area (Å²) in [7, 11) is -5.95. The smallest absolute Gasteiger partial charge is 0.192 e. The van der Waals surface area contributed by atoms with E-state index in [1.54, 1.807) is 0 Å². The average molecular weight is 369 g/mol. The van der Waals surface area contributed by atoms with Gasteiger partial charge in [-0.05, 0) is 24.7 Å². The Morgan fingerprint density at radius 3 is 2.04 bits per heavy atom. The summed E-state index contributed by atoms with van der Waals surface area (Å²) in [5, 5.41) is 0. The molecule has 2 rings (SSSR count). The van der Waals surface area contributed by atoms with Gasteiger partial charge in [0.1, 0.15) is 0 Å². The fourth-order valence-corrected chi connectivity index (χ4v) is 4.75. The molecule has 1 saturated heterocycles. The topological polar surface area (TPSA) is 37.4 Å². The summed E-state index contributed by atoms with van der Waals surface area (Å²) in [6, 6.07) is -6.05. The van der Waals surface area contributed by atoms with E-state index in [1.807, 2.05) is 0 Å². The normalized spacial score (nSPS) is 28.5. The summed E-state index contributed by atoms with van der Waals surface area (Å²) in [6.45, 7) is -1.11. The van der Waals surface area contributed by atoms with Crippen LogP contribution in [0.4, 0.5) is 26.5 Å². The lowest BCUT2D eigenvalue weighted by Gasteiger charge is -2.40. The van der Waals surface area contributed by atoms with Crippen LogP contribution in [0.1, 0.15) is 39.0 Å². The molecule has 1 saturated carbocycles. The third kappa shape index (κ3) is 2.95. The first-order valence-electron chi connectivity index (χ1n) is 7.36. The molecule has 0 amide bonds. The molecule has 23 heavy (non-hydrogen) atoms. The van der Waals surface area contributed by atoms with Crippen molar-refractivity contribution in [3.05, 3.63) is 0 Å². The highest BCUT2D eigenvalue weighted by Crippen LogP contribution is 2.47. The zero-order valence-corrected chi connectivity index (χ0v) is 13.3. The van der Waals surface area contributed by atoms with Gasteiger partial charge in [-0.3, -0.25) is 0 Å². The second-order valence-corrected chi connectivity index (χ2v) is 8.19. The highest BCUT2D eigenvalue weighted by molar-refractivity contribution is 7.83. The number of alkyl halides is 4. The molecule has 0 spiro atoms. The van der Waals surface area contributed by atoms with Gasteiger partial charge in [0.05, 0.1) is 8.96 Å². The van der Waals surface area contributed by atoms with Crippen molar-refractivity contribution in [3.63, 3.8) is 0 Å². The van der Waals surface area contributed by atoms with Crippen LogP contribution < -0.4 is 0 Å². The van der Waals surface area contributed by atoms with Gasteiger partial charge in [0.15, 0.2) is 0 Å². The summed E-state index contributed by atoms with van der Waals surface area (Å²) in [5.74, 6) is -5.21. The third-order valence-corrected chi connectivity index (χ3v) is 6.52. The largest absolute Gasteiger partial charge is 0.545 e. The number of fused-ring (bicyclic) bond motifs is 1. The first kappa shape index (κ1) is 18.8. The van der Waals surface area contributed by atoms with E-state index in [1.165, 1.54) is 0 Å². The highest BCUT2D eigenvalue weighted by Gasteiger charge is 2.81. The maximum Gasteiger partial charge on any atom is 0.545 e. The molecule has 1 heterocycles. The van der Waals surface area contributed by atoms with Crippen molar-refractivity contribution in [1.82, 2.24) is 4.31 Å². The van der Waals surface area contributed by atoms with Crippen LogP contribution in [0.5, 0.6) is 0 Å². The van der Waals surface area contributed by atoms with Crippen molar-refractivity contribution in [2.75, 3.05) is 13.1 Å². The molecular formula is C12H19F6N2O2S+. The van der Waals surface area contributed by atoms with Crippen molar-refractivity contribution in [3.8, 4) is 0 Å². The van der Waals surface area contributed by atoms with Gasteiger partial charge in [-0.2, -0.15) is 8.78 Å². The molecule has 1 aliphatic heterocycles. The molecular weight excluding hydrogens is 350 g/mol. The van der Waals surface area contributed by atoms with Gasteiger partial charge in [0.2, 0.25) is 4.33 Å². The Morgan fingerprint density at radius 1 is 1.00 bits per heavy atom. The average Bonchev–Trinajstić information content (AvgIpc) is 2.45. The summed E-state index contributed by atoms with van der Waals surface area (Å²) in [6.07, 6.45) is 3.50. The predicted molar refractivity (Wildman–Crippen MR) is 68.6 cm³/mol. The molecule has 2 fully saturated rings. The Hall–Kier alpha value is -0.550. The number of hydrogen-bond acceptors (Lipinski definition) is 2. The maximum atomic E-state index is 13.8. The molecule has 4 nitrogen and oxygen atoms in total. The minimum atomic E-state index is -6.05. The summed E-state index contributed by atoms with van der Waals surface area (Å²) in [5.41, 5.74) is 0. The van der Waals surface area contributed by atoms with Gasteiger partial charge in [0, 0.05) is 20.0 Å². The monoisotopic (exact) mass is 369 g/mol. The van der Waals surface area contributed by atoms with Crippen LogP contribution in [0.15, 0.2) is 0 Å². The lowest BCUT2D eigenvalue weighted by atomic mass is 9.76. The highest BCUT2D eigenvalue weighted by atomic mass is 32.2. The van der Waals surface area contributed by atoms with E-state index >= 15 is 0 Å². The second-order valence-electron chi connectivity index (χ2n) is 6.32. The summed E-state index contributed by atoms with van der Waals surface area (Å²) in [4.78, 5) is 0. The summed E-state index contributed by atoms with van der Waals surface area (Å²) >= 11 is 0. The van der Waals surface area contributed by atoms with E-state index in [2.05, 4.69) is 0 Å². The fraction of sp³-hybridized carbons (Fsp3) is 1.00. The quantitative estimate of drug-likeness (QED) is 0.432. The Morgan fingerprint density at radius 2 is 1.52 bits per heavy atom. The van der Waals surface area contributed by atoms with Gasteiger partial charge >= 0.3 is 22.2 Å². The number of piperidine rings is 1. The van der Waals surface area contributed by atoms with Crippen LogP contribution in [0.25, 0.3) is 0 Å². The first-order valence-corrected chi connectivity index (χ1v) is 8.76. The Bertz CT molecular complexity index is 548. The van der Waals surface area contributed by atoms with Crippen molar-refractivity contribution in [1.29, 1.82) is 0 Å². The second kappa shape index (κ2) is 5.76. The molecule has 0 radical (unpaired) electrons. The van der Waals surface area contributed by atoms with Crippen molar-refractivity contribution in [2.45, 2.75) is 51.0 Å². The van der Waals surface area contributed by atoms with Crippen LogP contribution in [0, 0.1) is 11.8 Å². The SMILES string of the molecule is CC(F)(F)C(F)(F)[N+](F)(F)S(=O)(=O)N1CCC2CCCCC2C1. The van der Waals surface area contributed by atoms with Crippen molar-refractivity contribution >= 4 is 10.2 Å². The van der Waals surface area contributed by atoms with E-state index in [9.17, 15) is 34.9 Å². The molecule has 136 valence electrons. The van der Waals surface area contributed by atoms with Crippen LogP contribution >= 0.6 is 0 Å². The molecule has 0 bridgehead atoms. The van der Waals surface area contributed by atoms with Crippen LogP contribution in [0.3, 0.4) is 0 Å². The van der Waals surface area contributed by atoms with Gasteiger partial charge in [-0.1, -0.05) is 19.3 Å². The number of nitrogens with zero attached hydrogens (tertiary/aromatic N) is 2. The van der Waals surface area contributed by atoms with Crippen LogP contribution in [-0.2, 0) is 10.2 Å². The van der Waals surface area contributed by atoms with Gasteiger partial charge in [-0.25, -0.2) is 0 Å². The van der Waals surface area contributed by atoms with E-state index in [0.717, 1.165) is 19.3 Å². The van der Waals surface area contributed by atoms with Crippen LogP contribution in [0.2, 0.25) is 0 Å². The Kier molecular flexibility index (Phi) is 4.71. The molecule has 0 N–H and O–H groups in total. The Labute approximate surface area is 130 Å². The maximum absolute atomic E-state index is 13.8. The molecule has 2 aliphatic rings. The van der Waals surface area contributed by atoms with Crippen molar-refractivity contribution < 1.29 is 39.3 Å². The van der Waals surface area contributed by atoms with Crippen LogP contribution in [-0.4, -0.2) is 42.1 Å². The van der Waals surface area contributed by atoms with E-state index in [-0.39, 0.29) is 35.7 Å². The van der Waals surface area contributed by atoms with Crippen molar-refractivity contribution in [2.24, 2.45) is 11.8 Å². The molecule has 1 aliphatic carbocycles. The molecule has 11 heteroatoms. The first-order chi connectivity index (χ1) is 10.3. The zero-order valence-electron chi connectivity index (χ0n) is 12.5. The van der Waals surface area contributed by atoms with E-state index < -0.39 is 33.4 Å². The molecule has 2 unspecified atom stereocenters. The number of rotatable bonds is 4. The standard InChI is InChI=1S/C12H19F6N2O2S/c1-11(13,14)12(15,16)20(17,18)23(21,22)19-7-6-9-4-2-3-5-10(9)8-19/h9-10H,2-8H2,1H3/q+1. The van der Waals surface area contributed by atoms with Gasteiger partial charge in [-0.15, -0.1) is 21.5 Å². The number of hydrogen-bond donors (Lipinski definition) is 0. The van der Waals surface area contributed by atoms with Gasteiger partial charge in [0.25, 0.3) is 0 Å². The third-order valence-electron chi connectivity index (χ3n) is 4.73. The van der Waals surface area contributed by atoms with Gasteiger partial charge < -0.3 is 0 Å². The molecule has 0 aromatic carbocycles. The lowest BCUT2D eigenvalue weighted by molar-refractivity contribution is -1.14. The molecule has 2 atom stereocenters. The zero-order chi connectivity index (χ0) is 17.7. The minimum absolute atomic E-state index is 0.171. The van der Waals surface area contributed by atoms with E-state index in [4.69, 9.17) is 0 Å². The Balaban J connectivity index is 2.27. The predicted octanol–water partition coefficient (Wildman–Crippen LogP) is 3.58. The minimum Gasteiger partial charge on any atom is -0.192 e. The number of halogens is 6. The molecule has 0 aromatic heterocycles. The number of quaternary nitrogens is 1. The summed E-state index contributed by atoms with van der Waals surface area (Å²) < 4.78 is 98.9. The lowest BCUT2D eigenvalue weighted by Crippen LogP contribution is -2.64. The molecule has 0 aromatic rings.